The number of benzene rings is 1. The van der Waals surface area contributed by atoms with Crippen molar-refractivity contribution in [2.75, 3.05) is 51.9 Å². The third-order valence-corrected chi connectivity index (χ3v) is 5.54. The number of methoxy groups -OCH3 is 1. The highest BCUT2D eigenvalue weighted by molar-refractivity contribution is 5.99. The van der Waals surface area contributed by atoms with E-state index < -0.39 is 0 Å². The van der Waals surface area contributed by atoms with Gasteiger partial charge in [0.05, 0.1) is 44.7 Å². The minimum absolute atomic E-state index is 0.135. The standard InChI is InChI=1S/C24H28N4O3/c1-25-21-17-26-20-16-22(29-2)23(31-12-6-9-28-10-13-30-14-11-28)15-19(20)24(21)27-18-7-4-3-5-8-18/h3-5,7,15-18H,6,8-14H2,2H3,(H,26,27). The van der Waals surface area contributed by atoms with Crippen molar-refractivity contribution >= 4 is 22.3 Å². The summed E-state index contributed by atoms with van der Waals surface area (Å²) in [5.41, 5.74) is 2.05. The van der Waals surface area contributed by atoms with E-state index in [1.807, 2.05) is 24.3 Å². The molecule has 0 bridgehead atoms. The van der Waals surface area contributed by atoms with Crippen LogP contribution in [0.5, 0.6) is 11.5 Å². The van der Waals surface area contributed by atoms with Crippen LogP contribution >= 0.6 is 0 Å². The van der Waals surface area contributed by atoms with Gasteiger partial charge in [-0.1, -0.05) is 24.3 Å². The number of pyridine rings is 1. The molecule has 1 saturated heterocycles. The van der Waals surface area contributed by atoms with E-state index in [-0.39, 0.29) is 6.04 Å². The highest BCUT2D eigenvalue weighted by atomic mass is 16.5. The Bertz CT molecular complexity index is 1010. The fraction of sp³-hybridized carbons (Fsp3) is 0.417. The van der Waals surface area contributed by atoms with Crippen LogP contribution in [0.2, 0.25) is 0 Å². The molecule has 0 amide bonds. The lowest BCUT2D eigenvalue weighted by atomic mass is 10.1. The van der Waals surface area contributed by atoms with Crippen LogP contribution in [0.1, 0.15) is 12.8 Å². The number of rotatable bonds is 8. The third-order valence-electron chi connectivity index (χ3n) is 5.54. The molecule has 0 radical (unpaired) electrons. The first kappa shape index (κ1) is 21.2. The van der Waals surface area contributed by atoms with Crippen LogP contribution in [0.15, 0.2) is 42.6 Å². The average molecular weight is 421 g/mol. The molecule has 7 heteroatoms. The minimum atomic E-state index is 0.135. The number of ether oxygens (including phenoxy) is 3. The molecule has 1 unspecified atom stereocenters. The molecular formula is C24H28N4O3. The molecule has 0 saturated carbocycles. The maximum absolute atomic E-state index is 7.59. The Labute approximate surface area is 183 Å². The number of fused-ring (bicyclic) bond motifs is 1. The van der Waals surface area contributed by atoms with Crippen LogP contribution in [0.4, 0.5) is 11.4 Å². The summed E-state index contributed by atoms with van der Waals surface area (Å²) in [5, 5.41) is 4.37. The molecule has 7 nitrogen and oxygen atoms in total. The van der Waals surface area contributed by atoms with E-state index in [9.17, 15) is 0 Å². The topological polar surface area (TPSA) is 60.2 Å². The van der Waals surface area contributed by atoms with Crippen molar-refractivity contribution in [3.05, 3.63) is 54.1 Å². The van der Waals surface area contributed by atoms with E-state index in [0.29, 0.717) is 23.8 Å². The number of hydrogen-bond acceptors (Lipinski definition) is 6. The molecule has 4 rings (SSSR count). The average Bonchev–Trinajstić information content (AvgIpc) is 2.83. The number of morpholine rings is 1. The van der Waals surface area contributed by atoms with Crippen molar-refractivity contribution in [3.8, 4) is 11.5 Å². The Morgan fingerprint density at radius 1 is 1.26 bits per heavy atom. The molecule has 2 aromatic rings. The molecule has 2 heterocycles. The zero-order chi connectivity index (χ0) is 21.5. The summed E-state index contributed by atoms with van der Waals surface area (Å²) in [6.07, 6.45) is 11.7. The fourth-order valence-corrected chi connectivity index (χ4v) is 3.87. The molecule has 1 aliphatic heterocycles. The van der Waals surface area contributed by atoms with Gasteiger partial charge >= 0.3 is 0 Å². The molecule has 1 atom stereocenters. The molecule has 1 N–H and O–H groups in total. The summed E-state index contributed by atoms with van der Waals surface area (Å²) in [6, 6.07) is 3.95. The lowest BCUT2D eigenvalue weighted by Crippen LogP contribution is -2.37. The van der Waals surface area contributed by atoms with Crippen LogP contribution in [-0.4, -0.2) is 62.5 Å². The second-order valence-electron chi connectivity index (χ2n) is 7.61. The van der Waals surface area contributed by atoms with Crippen LogP contribution in [-0.2, 0) is 4.74 Å². The fourth-order valence-electron chi connectivity index (χ4n) is 3.87. The number of nitrogens with zero attached hydrogens (tertiary/aromatic N) is 3. The van der Waals surface area contributed by atoms with Gasteiger partial charge in [-0.3, -0.25) is 9.88 Å². The van der Waals surface area contributed by atoms with E-state index in [0.717, 1.165) is 62.3 Å². The molecule has 162 valence electrons. The Kier molecular flexibility index (Phi) is 7.03. The van der Waals surface area contributed by atoms with E-state index in [2.05, 4.69) is 32.2 Å². The summed E-state index contributed by atoms with van der Waals surface area (Å²) >= 11 is 0. The predicted octanol–water partition coefficient (Wildman–Crippen LogP) is 4.19. The molecule has 1 aromatic carbocycles. The number of allylic oxidation sites excluding steroid dienone is 2. The van der Waals surface area contributed by atoms with Gasteiger partial charge in [-0.2, -0.15) is 0 Å². The molecule has 0 spiro atoms. The summed E-state index contributed by atoms with van der Waals surface area (Å²) in [7, 11) is 1.63. The quantitative estimate of drug-likeness (QED) is 0.510. The summed E-state index contributed by atoms with van der Waals surface area (Å²) < 4.78 is 17.1. The van der Waals surface area contributed by atoms with Gasteiger partial charge in [0, 0.05) is 43.3 Å². The molecule has 1 aromatic heterocycles. The predicted molar refractivity (Wildman–Crippen MR) is 122 cm³/mol. The third kappa shape index (κ3) is 5.16. The van der Waals surface area contributed by atoms with E-state index >= 15 is 0 Å². The van der Waals surface area contributed by atoms with Crippen LogP contribution in [0, 0.1) is 6.57 Å². The maximum atomic E-state index is 7.59. The van der Waals surface area contributed by atoms with E-state index in [4.69, 9.17) is 20.8 Å². The van der Waals surface area contributed by atoms with Gasteiger partial charge in [-0.25, -0.2) is 4.85 Å². The SMILES string of the molecule is [C-]#[N+]c1cnc2cc(OC)c(OCCCN3CCOCC3)cc2c1NC1C=CC=CC1. The van der Waals surface area contributed by atoms with Gasteiger partial charge in [-0.05, 0) is 18.9 Å². The highest BCUT2D eigenvalue weighted by Gasteiger charge is 2.17. The number of nitrogens with one attached hydrogen (secondary N) is 1. The normalized spacial score (nSPS) is 18.6. The summed E-state index contributed by atoms with van der Waals surface area (Å²) in [6.45, 7) is 12.7. The Morgan fingerprint density at radius 3 is 2.87 bits per heavy atom. The first-order valence-corrected chi connectivity index (χ1v) is 10.7. The zero-order valence-electron chi connectivity index (χ0n) is 17.8. The molecule has 1 fully saturated rings. The van der Waals surface area contributed by atoms with Crippen LogP contribution < -0.4 is 14.8 Å². The van der Waals surface area contributed by atoms with Gasteiger partial charge < -0.3 is 19.5 Å². The van der Waals surface area contributed by atoms with Crippen molar-refractivity contribution < 1.29 is 14.2 Å². The second-order valence-corrected chi connectivity index (χ2v) is 7.61. The largest absolute Gasteiger partial charge is 0.493 e. The molecule has 31 heavy (non-hydrogen) atoms. The van der Waals surface area contributed by atoms with E-state index in [1.54, 1.807) is 13.3 Å². The molecule has 2 aliphatic rings. The van der Waals surface area contributed by atoms with Gasteiger partial charge in [0.1, 0.15) is 0 Å². The Balaban J connectivity index is 1.54. The minimum Gasteiger partial charge on any atom is -0.493 e. The second kappa shape index (κ2) is 10.3. The van der Waals surface area contributed by atoms with Crippen LogP contribution in [0.25, 0.3) is 15.7 Å². The lowest BCUT2D eigenvalue weighted by Gasteiger charge is -2.26. The Hall–Kier alpha value is -3.08. The van der Waals surface area contributed by atoms with Crippen LogP contribution in [0.3, 0.4) is 0 Å². The zero-order valence-corrected chi connectivity index (χ0v) is 17.8. The van der Waals surface area contributed by atoms with Crippen molar-refractivity contribution in [2.45, 2.75) is 18.9 Å². The summed E-state index contributed by atoms with van der Waals surface area (Å²) in [4.78, 5) is 10.5. The van der Waals surface area contributed by atoms with Crippen molar-refractivity contribution in [1.29, 1.82) is 0 Å². The summed E-state index contributed by atoms with van der Waals surface area (Å²) in [5.74, 6) is 1.32. The van der Waals surface area contributed by atoms with Crippen molar-refractivity contribution in [1.82, 2.24) is 9.88 Å². The lowest BCUT2D eigenvalue weighted by molar-refractivity contribution is 0.0357. The monoisotopic (exact) mass is 420 g/mol. The highest BCUT2D eigenvalue weighted by Crippen LogP contribution is 2.39. The van der Waals surface area contributed by atoms with Gasteiger partial charge in [0.25, 0.3) is 0 Å². The van der Waals surface area contributed by atoms with Gasteiger partial charge in [0.15, 0.2) is 11.5 Å². The first-order chi connectivity index (χ1) is 15.3. The number of hydrogen-bond donors (Lipinski definition) is 1. The van der Waals surface area contributed by atoms with Gasteiger partial charge in [0.2, 0.25) is 5.69 Å². The van der Waals surface area contributed by atoms with Gasteiger partial charge in [-0.15, -0.1) is 0 Å². The Morgan fingerprint density at radius 2 is 2.13 bits per heavy atom. The number of anilines is 1. The van der Waals surface area contributed by atoms with E-state index in [1.165, 1.54) is 0 Å². The smallest absolute Gasteiger partial charge is 0.228 e. The molecular weight excluding hydrogens is 392 g/mol. The van der Waals surface area contributed by atoms with Crippen molar-refractivity contribution in [2.24, 2.45) is 0 Å². The number of aromatic nitrogens is 1. The first-order valence-electron chi connectivity index (χ1n) is 10.7. The van der Waals surface area contributed by atoms with Crippen molar-refractivity contribution in [3.63, 3.8) is 0 Å². The molecule has 1 aliphatic carbocycles. The maximum Gasteiger partial charge on any atom is 0.228 e.